The van der Waals surface area contributed by atoms with Crippen molar-refractivity contribution < 1.29 is 9.13 Å². The molecule has 0 radical (unpaired) electrons. The van der Waals surface area contributed by atoms with Crippen LogP contribution in [0.5, 0.6) is 5.75 Å². The summed E-state index contributed by atoms with van der Waals surface area (Å²) in [5.41, 5.74) is -0.447. The van der Waals surface area contributed by atoms with Crippen LogP contribution in [0.1, 0.15) is 20.3 Å². The molecule has 0 spiro atoms. The number of rotatable bonds is 4. The number of halogens is 3. The molecule has 1 rings (SSSR count). The second-order valence-corrected chi connectivity index (χ2v) is 5.55. The molecule has 92 valence electrons. The van der Waals surface area contributed by atoms with E-state index >= 15 is 0 Å². The van der Waals surface area contributed by atoms with E-state index < -0.39 is 11.2 Å². The van der Waals surface area contributed by atoms with E-state index in [0.717, 1.165) is 0 Å². The lowest BCUT2D eigenvalue weighted by Crippen LogP contribution is -2.13. The van der Waals surface area contributed by atoms with Crippen LogP contribution in [0.2, 0.25) is 5.02 Å². The largest absolute Gasteiger partial charge is 0.492 e. The van der Waals surface area contributed by atoms with Gasteiger partial charge in [0, 0.05) is 6.07 Å². The molecule has 17 heavy (non-hydrogen) atoms. The molecule has 0 heterocycles. The Balaban J connectivity index is 2.65. The van der Waals surface area contributed by atoms with Crippen molar-refractivity contribution in [1.29, 1.82) is 5.26 Å². The maximum atomic E-state index is 13.2. The van der Waals surface area contributed by atoms with Gasteiger partial charge in [-0.15, -0.1) is 0 Å². The monoisotopic (exact) mass is 319 g/mol. The summed E-state index contributed by atoms with van der Waals surface area (Å²) < 4.78 is 19.2. The third-order valence-corrected chi connectivity index (χ3v) is 3.17. The van der Waals surface area contributed by atoms with E-state index in [-0.39, 0.29) is 5.02 Å². The number of benzene rings is 1. The SMILES string of the molecule is CC(C)(C#N)CCOc1cc(F)c(Cl)cc1Br. The van der Waals surface area contributed by atoms with E-state index in [9.17, 15) is 4.39 Å². The second-order valence-electron chi connectivity index (χ2n) is 4.29. The molecule has 0 bridgehead atoms. The summed E-state index contributed by atoms with van der Waals surface area (Å²) in [7, 11) is 0. The van der Waals surface area contributed by atoms with Crippen LogP contribution in [0.4, 0.5) is 4.39 Å². The van der Waals surface area contributed by atoms with E-state index in [4.69, 9.17) is 21.6 Å². The average molecular weight is 321 g/mol. The molecule has 0 fully saturated rings. The number of hydrogen-bond donors (Lipinski definition) is 0. The molecule has 0 unspecified atom stereocenters. The summed E-state index contributed by atoms with van der Waals surface area (Å²) >= 11 is 8.85. The highest BCUT2D eigenvalue weighted by Crippen LogP contribution is 2.31. The summed E-state index contributed by atoms with van der Waals surface area (Å²) in [5, 5.41) is 8.88. The molecule has 0 atom stereocenters. The smallest absolute Gasteiger partial charge is 0.145 e. The Kier molecular flexibility index (Phi) is 4.79. The molecule has 5 heteroatoms. The van der Waals surface area contributed by atoms with Crippen molar-refractivity contribution in [1.82, 2.24) is 0 Å². The topological polar surface area (TPSA) is 33.0 Å². The van der Waals surface area contributed by atoms with Gasteiger partial charge in [-0.2, -0.15) is 5.26 Å². The first-order valence-corrected chi connectivity index (χ1v) is 6.21. The van der Waals surface area contributed by atoms with Gasteiger partial charge in [-0.1, -0.05) is 11.6 Å². The predicted molar refractivity (Wildman–Crippen MR) is 68.6 cm³/mol. The van der Waals surface area contributed by atoms with Crippen molar-refractivity contribution >= 4 is 27.5 Å². The molecule has 0 aromatic heterocycles. The first kappa shape index (κ1) is 14.3. The third-order valence-electron chi connectivity index (χ3n) is 2.26. The Morgan fingerprint density at radius 1 is 1.53 bits per heavy atom. The summed E-state index contributed by atoms with van der Waals surface area (Å²) in [6.07, 6.45) is 0.570. The van der Waals surface area contributed by atoms with Gasteiger partial charge in [0.1, 0.15) is 11.6 Å². The number of nitrogens with zero attached hydrogens (tertiary/aromatic N) is 1. The minimum atomic E-state index is -0.524. The van der Waals surface area contributed by atoms with Gasteiger partial charge in [-0.3, -0.25) is 0 Å². The molecule has 0 aliphatic rings. The Morgan fingerprint density at radius 2 is 2.18 bits per heavy atom. The fourth-order valence-corrected chi connectivity index (χ4v) is 1.84. The maximum Gasteiger partial charge on any atom is 0.145 e. The van der Waals surface area contributed by atoms with E-state index in [1.54, 1.807) is 0 Å². The molecule has 0 saturated heterocycles. The zero-order valence-corrected chi connectivity index (χ0v) is 11.9. The molecule has 0 N–H and O–H groups in total. The molecule has 1 aromatic carbocycles. The van der Waals surface area contributed by atoms with Crippen LogP contribution in [0.15, 0.2) is 16.6 Å². The summed E-state index contributed by atoms with van der Waals surface area (Å²) in [4.78, 5) is 0. The number of nitriles is 1. The molecule has 2 nitrogen and oxygen atoms in total. The van der Waals surface area contributed by atoms with Crippen molar-refractivity contribution in [2.75, 3.05) is 6.61 Å². The van der Waals surface area contributed by atoms with Gasteiger partial charge in [0.2, 0.25) is 0 Å². The first-order valence-electron chi connectivity index (χ1n) is 5.04. The first-order chi connectivity index (χ1) is 7.85. The van der Waals surface area contributed by atoms with Gasteiger partial charge in [0.25, 0.3) is 0 Å². The van der Waals surface area contributed by atoms with Crippen LogP contribution in [-0.2, 0) is 0 Å². The highest BCUT2D eigenvalue weighted by Gasteiger charge is 2.17. The van der Waals surface area contributed by atoms with Crippen LogP contribution in [-0.4, -0.2) is 6.61 Å². The minimum Gasteiger partial charge on any atom is -0.492 e. The highest BCUT2D eigenvalue weighted by atomic mass is 79.9. The van der Waals surface area contributed by atoms with Gasteiger partial charge in [0.05, 0.1) is 27.6 Å². The quantitative estimate of drug-likeness (QED) is 0.762. The second kappa shape index (κ2) is 5.70. The van der Waals surface area contributed by atoms with E-state index in [2.05, 4.69) is 22.0 Å². The maximum absolute atomic E-state index is 13.2. The van der Waals surface area contributed by atoms with Gasteiger partial charge in [-0.25, -0.2) is 4.39 Å². The lowest BCUT2D eigenvalue weighted by molar-refractivity contribution is 0.262. The fourth-order valence-electron chi connectivity index (χ4n) is 1.09. The predicted octanol–water partition coefficient (Wildman–Crippen LogP) is 4.56. The lowest BCUT2D eigenvalue weighted by atomic mass is 9.92. The van der Waals surface area contributed by atoms with Gasteiger partial charge < -0.3 is 4.74 Å². The van der Waals surface area contributed by atoms with E-state index in [1.165, 1.54) is 12.1 Å². The van der Waals surface area contributed by atoms with Crippen molar-refractivity contribution in [3.8, 4) is 11.8 Å². The van der Waals surface area contributed by atoms with Crippen LogP contribution >= 0.6 is 27.5 Å². The van der Waals surface area contributed by atoms with Crippen molar-refractivity contribution in [2.24, 2.45) is 5.41 Å². The van der Waals surface area contributed by atoms with E-state index in [1.807, 2.05) is 13.8 Å². The highest BCUT2D eigenvalue weighted by molar-refractivity contribution is 9.10. The van der Waals surface area contributed by atoms with Gasteiger partial charge >= 0.3 is 0 Å². The molecule has 0 amide bonds. The Bertz CT molecular complexity index is 457. The molecule has 0 aliphatic heterocycles. The molecule has 1 aromatic rings. The number of hydrogen-bond acceptors (Lipinski definition) is 2. The van der Waals surface area contributed by atoms with Crippen molar-refractivity contribution in [3.05, 3.63) is 27.4 Å². The van der Waals surface area contributed by atoms with Crippen molar-refractivity contribution in [3.63, 3.8) is 0 Å². The molecule has 0 saturated carbocycles. The normalized spacial score (nSPS) is 11.1. The van der Waals surface area contributed by atoms with Gasteiger partial charge in [0.15, 0.2) is 0 Å². The van der Waals surface area contributed by atoms with Crippen LogP contribution in [0.3, 0.4) is 0 Å². The van der Waals surface area contributed by atoms with Crippen LogP contribution in [0.25, 0.3) is 0 Å². The minimum absolute atomic E-state index is 0.0431. The molecular weight excluding hydrogens is 308 g/mol. The number of ether oxygens (including phenoxy) is 1. The Labute approximate surface area is 113 Å². The Hall–Kier alpha value is -0.790. The summed E-state index contributed by atoms with van der Waals surface area (Å²) in [5.74, 6) is -0.134. The Morgan fingerprint density at radius 3 is 2.76 bits per heavy atom. The van der Waals surface area contributed by atoms with Crippen LogP contribution in [0, 0.1) is 22.6 Å². The summed E-state index contributed by atoms with van der Waals surface area (Å²) in [6.45, 7) is 4.00. The van der Waals surface area contributed by atoms with E-state index in [0.29, 0.717) is 23.2 Å². The van der Waals surface area contributed by atoms with Crippen LogP contribution < -0.4 is 4.74 Å². The fraction of sp³-hybridized carbons (Fsp3) is 0.417. The molecule has 0 aliphatic carbocycles. The average Bonchev–Trinajstić information content (AvgIpc) is 2.25. The zero-order chi connectivity index (χ0) is 13.1. The summed E-state index contributed by atoms with van der Waals surface area (Å²) in [6, 6.07) is 4.85. The standard InChI is InChI=1S/C12H12BrClFNO/c1-12(2,7-16)3-4-17-11-6-10(15)9(14)5-8(11)13/h5-6H,3-4H2,1-2H3. The zero-order valence-electron chi connectivity index (χ0n) is 9.56. The molecular formula is C12H12BrClFNO. The lowest BCUT2D eigenvalue weighted by Gasteiger charge is -2.16. The van der Waals surface area contributed by atoms with Crippen molar-refractivity contribution in [2.45, 2.75) is 20.3 Å². The third kappa shape index (κ3) is 4.18. The van der Waals surface area contributed by atoms with Gasteiger partial charge in [-0.05, 0) is 42.3 Å².